The fourth-order valence-electron chi connectivity index (χ4n) is 3.39. The van der Waals surface area contributed by atoms with E-state index in [1.807, 2.05) is 6.92 Å². The van der Waals surface area contributed by atoms with Gasteiger partial charge in [0, 0.05) is 6.04 Å². The zero-order valence-electron chi connectivity index (χ0n) is 11.9. The molecule has 3 unspecified atom stereocenters. The second-order valence-corrected chi connectivity index (χ2v) is 6.57. The molecule has 0 spiro atoms. The first-order valence-electron chi connectivity index (χ1n) is 7.39. The van der Waals surface area contributed by atoms with Crippen LogP contribution in [-0.4, -0.2) is 9.55 Å². The van der Waals surface area contributed by atoms with Gasteiger partial charge in [-0.3, -0.25) is 0 Å². The highest BCUT2D eigenvalue weighted by Crippen LogP contribution is 2.38. The molecule has 2 nitrogen and oxygen atoms in total. The number of imidazole rings is 1. The van der Waals surface area contributed by atoms with Gasteiger partial charge in [-0.05, 0) is 43.9 Å². The first-order chi connectivity index (χ1) is 9.58. The molecule has 3 atom stereocenters. The molecule has 0 radical (unpaired) electrons. The fourth-order valence-corrected chi connectivity index (χ4v) is 3.55. The summed E-state index contributed by atoms with van der Waals surface area (Å²) in [5.41, 5.74) is 1.72. The monoisotopic (exact) mass is 294 g/mol. The van der Waals surface area contributed by atoms with Gasteiger partial charge in [-0.15, -0.1) is 11.6 Å². The lowest BCUT2D eigenvalue weighted by atomic mass is 9.85. The number of aromatic nitrogens is 2. The molecule has 1 aromatic carbocycles. The maximum absolute atomic E-state index is 13.6. The predicted octanol–water partition coefficient (Wildman–Crippen LogP) is 5.23. The smallest absolute Gasteiger partial charge is 0.127 e. The third kappa shape index (κ3) is 2.32. The van der Waals surface area contributed by atoms with Crippen LogP contribution in [0.1, 0.15) is 56.8 Å². The van der Waals surface area contributed by atoms with Crippen LogP contribution in [0.4, 0.5) is 4.39 Å². The van der Waals surface area contributed by atoms with E-state index in [0.717, 1.165) is 23.3 Å². The van der Waals surface area contributed by atoms with Crippen LogP contribution in [0.5, 0.6) is 0 Å². The van der Waals surface area contributed by atoms with Gasteiger partial charge in [0.05, 0.1) is 16.4 Å². The summed E-state index contributed by atoms with van der Waals surface area (Å²) in [6, 6.07) is 5.18. The molecular formula is C16H20ClFN2. The van der Waals surface area contributed by atoms with Crippen molar-refractivity contribution in [3.63, 3.8) is 0 Å². The second kappa shape index (κ2) is 5.36. The molecule has 108 valence electrons. The molecule has 0 aliphatic heterocycles. The van der Waals surface area contributed by atoms with Crippen molar-refractivity contribution in [1.82, 2.24) is 9.55 Å². The van der Waals surface area contributed by atoms with Crippen molar-refractivity contribution in [2.75, 3.05) is 0 Å². The van der Waals surface area contributed by atoms with Crippen LogP contribution in [-0.2, 0) is 0 Å². The van der Waals surface area contributed by atoms with Crippen molar-refractivity contribution in [2.45, 2.75) is 50.9 Å². The van der Waals surface area contributed by atoms with Gasteiger partial charge in [0.2, 0.25) is 0 Å². The summed E-state index contributed by atoms with van der Waals surface area (Å²) in [7, 11) is 0. The van der Waals surface area contributed by atoms with E-state index >= 15 is 0 Å². The van der Waals surface area contributed by atoms with Gasteiger partial charge >= 0.3 is 0 Å². The molecule has 1 aliphatic carbocycles. The Hall–Kier alpha value is -1.09. The summed E-state index contributed by atoms with van der Waals surface area (Å²) in [5, 5.41) is -0.167. The normalized spacial score (nSPS) is 25.0. The summed E-state index contributed by atoms with van der Waals surface area (Å²) in [6.45, 7) is 4.21. The molecule has 4 heteroatoms. The van der Waals surface area contributed by atoms with Crippen molar-refractivity contribution in [2.24, 2.45) is 5.92 Å². The van der Waals surface area contributed by atoms with E-state index < -0.39 is 0 Å². The number of nitrogens with zero attached hydrogens (tertiary/aromatic N) is 2. The number of benzene rings is 1. The highest BCUT2D eigenvalue weighted by Gasteiger charge is 2.28. The average molecular weight is 295 g/mol. The Balaban J connectivity index is 2.19. The highest BCUT2D eigenvalue weighted by atomic mass is 35.5. The summed E-state index contributed by atoms with van der Waals surface area (Å²) < 4.78 is 15.8. The maximum atomic E-state index is 13.6. The van der Waals surface area contributed by atoms with Crippen LogP contribution in [0.25, 0.3) is 11.0 Å². The third-order valence-electron chi connectivity index (χ3n) is 4.43. The van der Waals surface area contributed by atoms with Crippen molar-refractivity contribution < 1.29 is 4.39 Å². The molecule has 2 aromatic rings. The van der Waals surface area contributed by atoms with Gasteiger partial charge in [0.15, 0.2) is 0 Å². The molecule has 3 rings (SSSR count). The van der Waals surface area contributed by atoms with Crippen LogP contribution < -0.4 is 0 Å². The Kier molecular flexibility index (Phi) is 3.72. The number of fused-ring (bicyclic) bond motifs is 1. The van der Waals surface area contributed by atoms with Crippen molar-refractivity contribution >= 4 is 22.6 Å². The van der Waals surface area contributed by atoms with Crippen LogP contribution in [0.3, 0.4) is 0 Å². The fraction of sp³-hybridized carbons (Fsp3) is 0.562. The largest absolute Gasteiger partial charge is 0.323 e. The molecule has 1 heterocycles. The van der Waals surface area contributed by atoms with E-state index in [1.54, 1.807) is 12.1 Å². The summed E-state index contributed by atoms with van der Waals surface area (Å²) >= 11 is 6.31. The van der Waals surface area contributed by atoms with E-state index in [1.165, 1.54) is 25.3 Å². The molecule has 0 saturated heterocycles. The van der Waals surface area contributed by atoms with E-state index in [0.29, 0.717) is 12.0 Å². The number of hydrogen-bond acceptors (Lipinski definition) is 1. The molecular weight excluding hydrogens is 275 g/mol. The van der Waals surface area contributed by atoms with Crippen LogP contribution in [0.15, 0.2) is 18.2 Å². The quantitative estimate of drug-likeness (QED) is 0.694. The Bertz CT molecular complexity index is 620. The lowest BCUT2D eigenvalue weighted by Gasteiger charge is -2.32. The molecule has 0 amide bonds. The average Bonchev–Trinajstić information content (AvgIpc) is 2.78. The highest BCUT2D eigenvalue weighted by molar-refractivity contribution is 6.20. The van der Waals surface area contributed by atoms with Crippen LogP contribution in [0.2, 0.25) is 0 Å². The first-order valence-corrected chi connectivity index (χ1v) is 7.83. The number of hydrogen-bond donors (Lipinski definition) is 0. The van der Waals surface area contributed by atoms with E-state index in [2.05, 4.69) is 16.5 Å². The number of rotatable bonds is 2. The Morgan fingerprint density at radius 1 is 1.35 bits per heavy atom. The van der Waals surface area contributed by atoms with Gasteiger partial charge in [-0.1, -0.05) is 19.8 Å². The van der Waals surface area contributed by atoms with E-state index in [9.17, 15) is 4.39 Å². The third-order valence-corrected chi connectivity index (χ3v) is 4.63. The number of alkyl halides is 1. The van der Waals surface area contributed by atoms with Gasteiger partial charge in [-0.2, -0.15) is 0 Å². The van der Waals surface area contributed by atoms with Gasteiger partial charge < -0.3 is 4.57 Å². The minimum atomic E-state index is -0.212. The van der Waals surface area contributed by atoms with E-state index in [-0.39, 0.29) is 11.2 Å². The Labute approximate surface area is 123 Å². The second-order valence-electron chi connectivity index (χ2n) is 5.92. The lowest BCUT2D eigenvalue weighted by molar-refractivity contribution is 0.257. The summed E-state index contributed by atoms with van der Waals surface area (Å²) in [6.07, 6.45) is 4.85. The molecule has 1 aromatic heterocycles. The van der Waals surface area contributed by atoms with Crippen molar-refractivity contribution in [1.29, 1.82) is 0 Å². The lowest BCUT2D eigenvalue weighted by Crippen LogP contribution is -2.23. The van der Waals surface area contributed by atoms with Gasteiger partial charge in [-0.25, -0.2) is 9.37 Å². The summed E-state index contributed by atoms with van der Waals surface area (Å²) in [4.78, 5) is 4.63. The molecule has 0 bridgehead atoms. The van der Waals surface area contributed by atoms with Gasteiger partial charge in [0.25, 0.3) is 0 Å². The molecule has 1 aliphatic rings. The van der Waals surface area contributed by atoms with E-state index in [4.69, 9.17) is 11.6 Å². The Morgan fingerprint density at radius 3 is 2.80 bits per heavy atom. The standard InChI is InChI=1S/C16H20ClFN2/c1-10-5-3-4-6-14(10)20-15-9-12(18)7-8-13(15)19-16(20)11(2)17/h7-11,14H,3-6H2,1-2H3. The summed E-state index contributed by atoms with van der Waals surface area (Å²) in [5.74, 6) is 1.24. The molecule has 1 fully saturated rings. The molecule has 1 saturated carbocycles. The van der Waals surface area contributed by atoms with Crippen LogP contribution >= 0.6 is 11.6 Å². The zero-order chi connectivity index (χ0) is 14.3. The molecule has 20 heavy (non-hydrogen) atoms. The minimum Gasteiger partial charge on any atom is -0.323 e. The predicted molar refractivity (Wildman–Crippen MR) is 80.6 cm³/mol. The van der Waals surface area contributed by atoms with Gasteiger partial charge in [0.1, 0.15) is 11.6 Å². The Morgan fingerprint density at radius 2 is 2.10 bits per heavy atom. The zero-order valence-corrected chi connectivity index (χ0v) is 12.7. The van der Waals surface area contributed by atoms with Crippen molar-refractivity contribution in [3.8, 4) is 0 Å². The topological polar surface area (TPSA) is 17.8 Å². The SMILES string of the molecule is CC(Cl)c1nc2ccc(F)cc2n1C1CCCCC1C. The maximum Gasteiger partial charge on any atom is 0.127 e. The van der Waals surface area contributed by atoms with Crippen molar-refractivity contribution in [3.05, 3.63) is 29.8 Å². The number of halogens is 2. The van der Waals surface area contributed by atoms with Crippen LogP contribution in [0, 0.1) is 11.7 Å². The minimum absolute atomic E-state index is 0.167. The first kappa shape index (κ1) is 13.9. The molecule has 0 N–H and O–H groups in total.